The second kappa shape index (κ2) is 7.67. The molecule has 5 nitrogen and oxygen atoms in total. The molecule has 0 spiro atoms. The molecule has 1 aromatic heterocycles. The van der Waals surface area contributed by atoms with Crippen molar-refractivity contribution >= 4 is 38.9 Å². The van der Waals surface area contributed by atoms with Crippen molar-refractivity contribution in [2.24, 2.45) is 0 Å². The molecule has 3 aromatic rings. The first kappa shape index (κ1) is 17.4. The highest BCUT2D eigenvalue weighted by molar-refractivity contribution is 9.10. The van der Waals surface area contributed by atoms with Gasteiger partial charge < -0.3 is 14.8 Å². The molecule has 0 bridgehead atoms. The number of nitrogens with zero attached hydrogens (tertiary/aromatic N) is 1. The number of anilines is 1. The molecular formula is C18H15BrN2O3S. The van der Waals surface area contributed by atoms with Gasteiger partial charge in [0.05, 0.1) is 14.2 Å². The van der Waals surface area contributed by atoms with Crippen LogP contribution in [0.5, 0.6) is 11.5 Å². The van der Waals surface area contributed by atoms with E-state index >= 15 is 0 Å². The van der Waals surface area contributed by atoms with Crippen molar-refractivity contribution in [3.8, 4) is 22.1 Å². The van der Waals surface area contributed by atoms with E-state index in [0.29, 0.717) is 27.2 Å². The van der Waals surface area contributed by atoms with Crippen LogP contribution < -0.4 is 14.8 Å². The number of ether oxygens (including phenoxy) is 2. The molecular weight excluding hydrogens is 404 g/mol. The molecule has 0 aliphatic rings. The number of carbonyl (C=O) groups excluding carboxylic acids is 1. The third-order valence-electron chi connectivity index (χ3n) is 3.53. The third-order valence-corrected chi connectivity index (χ3v) is 5.13. The highest BCUT2D eigenvalue weighted by Gasteiger charge is 2.15. The normalized spacial score (nSPS) is 10.4. The van der Waals surface area contributed by atoms with Crippen LogP contribution in [-0.2, 0) is 0 Å². The molecule has 0 atom stereocenters. The summed E-state index contributed by atoms with van der Waals surface area (Å²) < 4.78 is 11.2. The van der Waals surface area contributed by atoms with E-state index < -0.39 is 0 Å². The summed E-state index contributed by atoms with van der Waals surface area (Å²) in [6.07, 6.45) is 1.77. The van der Waals surface area contributed by atoms with Gasteiger partial charge in [-0.1, -0.05) is 0 Å². The minimum absolute atomic E-state index is 0.244. The maximum atomic E-state index is 12.5. The van der Waals surface area contributed by atoms with Gasteiger partial charge in [0.15, 0.2) is 0 Å². The maximum absolute atomic E-state index is 12.5. The first-order chi connectivity index (χ1) is 12.1. The maximum Gasteiger partial charge on any atom is 0.255 e. The Morgan fingerprint density at radius 1 is 1.12 bits per heavy atom. The van der Waals surface area contributed by atoms with Crippen molar-refractivity contribution in [2.45, 2.75) is 0 Å². The van der Waals surface area contributed by atoms with E-state index in [2.05, 4.69) is 26.2 Å². The molecule has 1 N–H and O–H groups in total. The smallest absolute Gasteiger partial charge is 0.255 e. The van der Waals surface area contributed by atoms with Crippen molar-refractivity contribution in [1.29, 1.82) is 0 Å². The number of rotatable bonds is 5. The average molecular weight is 419 g/mol. The van der Waals surface area contributed by atoms with E-state index in [1.807, 2.05) is 29.6 Å². The summed E-state index contributed by atoms with van der Waals surface area (Å²) in [4.78, 5) is 16.8. The van der Waals surface area contributed by atoms with Gasteiger partial charge in [-0.3, -0.25) is 4.79 Å². The lowest BCUT2D eigenvalue weighted by atomic mass is 10.1. The zero-order chi connectivity index (χ0) is 17.8. The molecule has 3 rings (SSSR count). The number of methoxy groups -OCH3 is 2. The van der Waals surface area contributed by atoms with Crippen LogP contribution in [-0.4, -0.2) is 25.1 Å². The summed E-state index contributed by atoms with van der Waals surface area (Å²) in [6.45, 7) is 0. The summed E-state index contributed by atoms with van der Waals surface area (Å²) in [5.41, 5.74) is 2.16. The van der Waals surface area contributed by atoms with Crippen molar-refractivity contribution in [3.63, 3.8) is 0 Å². The van der Waals surface area contributed by atoms with Gasteiger partial charge in [-0.25, -0.2) is 4.98 Å². The fourth-order valence-corrected chi connectivity index (χ4v) is 3.46. The van der Waals surface area contributed by atoms with Gasteiger partial charge >= 0.3 is 0 Å². The number of hydrogen-bond acceptors (Lipinski definition) is 5. The molecule has 0 aliphatic carbocycles. The fourth-order valence-electron chi connectivity index (χ4n) is 2.27. The lowest BCUT2D eigenvalue weighted by molar-refractivity contribution is 0.102. The van der Waals surface area contributed by atoms with Crippen molar-refractivity contribution in [2.75, 3.05) is 19.5 Å². The summed E-state index contributed by atoms with van der Waals surface area (Å²) in [7, 11) is 3.08. The number of nitrogens with one attached hydrogen (secondary N) is 1. The van der Waals surface area contributed by atoms with E-state index in [1.54, 1.807) is 43.9 Å². The van der Waals surface area contributed by atoms with Gasteiger partial charge in [0, 0.05) is 28.4 Å². The minimum atomic E-state index is -0.244. The highest BCUT2D eigenvalue weighted by Crippen LogP contribution is 2.35. The number of amides is 1. The van der Waals surface area contributed by atoms with E-state index in [1.165, 1.54) is 0 Å². The molecule has 7 heteroatoms. The van der Waals surface area contributed by atoms with E-state index in [4.69, 9.17) is 9.47 Å². The van der Waals surface area contributed by atoms with Gasteiger partial charge in [-0.15, -0.1) is 11.3 Å². The van der Waals surface area contributed by atoms with Crippen molar-refractivity contribution in [1.82, 2.24) is 4.98 Å². The Morgan fingerprint density at radius 3 is 2.28 bits per heavy atom. The molecule has 0 radical (unpaired) electrons. The van der Waals surface area contributed by atoms with Crippen molar-refractivity contribution < 1.29 is 14.3 Å². The molecule has 2 aromatic carbocycles. The van der Waals surface area contributed by atoms with Crippen LogP contribution in [0.15, 0.2) is 52.4 Å². The number of hydrogen-bond donors (Lipinski definition) is 1. The Bertz CT molecular complexity index is 855. The Balaban J connectivity index is 1.80. The summed E-state index contributed by atoms with van der Waals surface area (Å²) >= 11 is 4.96. The summed E-state index contributed by atoms with van der Waals surface area (Å²) in [6, 6.07) is 10.9. The van der Waals surface area contributed by atoms with Gasteiger partial charge in [-0.05, 0) is 52.3 Å². The number of halogens is 1. The number of carbonyl (C=O) groups is 1. The second-order valence-electron chi connectivity index (χ2n) is 5.06. The fraction of sp³-hybridized carbons (Fsp3) is 0.111. The van der Waals surface area contributed by atoms with Crippen LogP contribution in [0.4, 0.5) is 5.69 Å². The molecule has 0 saturated carbocycles. The van der Waals surface area contributed by atoms with E-state index in [-0.39, 0.29) is 5.91 Å². The molecule has 25 heavy (non-hydrogen) atoms. The van der Waals surface area contributed by atoms with Crippen LogP contribution in [0.25, 0.3) is 10.6 Å². The van der Waals surface area contributed by atoms with E-state index in [9.17, 15) is 4.79 Å². The monoisotopic (exact) mass is 418 g/mol. The van der Waals surface area contributed by atoms with E-state index in [0.717, 1.165) is 10.6 Å². The Kier molecular flexibility index (Phi) is 5.35. The van der Waals surface area contributed by atoms with Crippen LogP contribution in [0.2, 0.25) is 0 Å². The standard InChI is InChI=1S/C18H15BrN2O3S/c1-23-14-9-12(10-15(24-2)16(14)19)17(22)21-13-5-3-11(4-6-13)18-20-7-8-25-18/h3-10H,1-2H3,(H,21,22). The predicted molar refractivity (Wildman–Crippen MR) is 103 cm³/mol. The predicted octanol–water partition coefficient (Wildman–Crippen LogP) is 4.84. The van der Waals surface area contributed by atoms with Gasteiger partial charge in [-0.2, -0.15) is 0 Å². The molecule has 128 valence electrons. The van der Waals surface area contributed by atoms with Crippen LogP contribution in [0.3, 0.4) is 0 Å². The molecule has 1 amide bonds. The summed E-state index contributed by atoms with van der Waals surface area (Å²) in [5.74, 6) is 0.818. The topological polar surface area (TPSA) is 60.5 Å². The van der Waals surface area contributed by atoms with Crippen LogP contribution >= 0.6 is 27.3 Å². The lowest BCUT2D eigenvalue weighted by Gasteiger charge is -2.12. The van der Waals surface area contributed by atoms with Gasteiger partial charge in [0.2, 0.25) is 0 Å². The first-order valence-corrected chi connectivity index (χ1v) is 9.02. The van der Waals surface area contributed by atoms with Crippen LogP contribution in [0.1, 0.15) is 10.4 Å². The van der Waals surface area contributed by atoms with Crippen molar-refractivity contribution in [3.05, 3.63) is 58.0 Å². The van der Waals surface area contributed by atoms with Gasteiger partial charge in [0.1, 0.15) is 21.0 Å². The first-order valence-electron chi connectivity index (χ1n) is 7.35. The number of aromatic nitrogens is 1. The third kappa shape index (κ3) is 3.83. The summed E-state index contributed by atoms with van der Waals surface area (Å²) in [5, 5.41) is 5.75. The Labute approximate surface area is 157 Å². The Hall–Kier alpha value is -2.38. The molecule has 0 fully saturated rings. The highest BCUT2D eigenvalue weighted by atomic mass is 79.9. The molecule has 0 saturated heterocycles. The van der Waals surface area contributed by atoms with Crippen LogP contribution in [0, 0.1) is 0 Å². The number of thiazole rings is 1. The lowest BCUT2D eigenvalue weighted by Crippen LogP contribution is -2.12. The largest absolute Gasteiger partial charge is 0.495 e. The minimum Gasteiger partial charge on any atom is -0.495 e. The van der Waals surface area contributed by atoms with Gasteiger partial charge in [0.25, 0.3) is 5.91 Å². The number of benzene rings is 2. The molecule has 0 unspecified atom stereocenters. The molecule has 0 aliphatic heterocycles. The quantitative estimate of drug-likeness (QED) is 0.643. The zero-order valence-electron chi connectivity index (χ0n) is 13.6. The SMILES string of the molecule is COc1cc(C(=O)Nc2ccc(-c3nccs3)cc2)cc(OC)c1Br. The second-order valence-corrected chi connectivity index (χ2v) is 6.75. The molecule has 1 heterocycles. The zero-order valence-corrected chi connectivity index (χ0v) is 16.0. The Morgan fingerprint density at radius 2 is 1.76 bits per heavy atom. The average Bonchev–Trinajstić information content (AvgIpc) is 3.17.